The van der Waals surface area contributed by atoms with Crippen molar-refractivity contribution in [2.75, 3.05) is 18.8 Å². The number of nitrogens with one attached hydrogen (secondary N) is 1. The van der Waals surface area contributed by atoms with E-state index in [1.165, 1.54) is 23.3 Å². The molecule has 138 valence electrons. The van der Waals surface area contributed by atoms with Gasteiger partial charge in [-0.2, -0.15) is 0 Å². The molecule has 0 bridgehead atoms. The fraction of sp³-hybridized carbons (Fsp3) is 0.438. The predicted octanol–water partition coefficient (Wildman–Crippen LogP) is 0.244. The molecule has 4 rings (SSSR count). The smallest absolute Gasteiger partial charge is 0.289 e. The molecule has 1 N–H and O–H groups in total. The number of hydrogen-bond acceptors (Lipinski definition) is 7. The van der Waals surface area contributed by atoms with Crippen LogP contribution in [0, 0.1) is 12.8 Å². The third-order valence-corrected chi connectivity index (χ3v) is 7.14. The predicted molar refractivity (Wildman–Crippen MR) is 88.2 cm³/mol. The van der Waals surface area contributed by atoms with Crippen molar-refractivity contribution in [3.05, 3.63) is 41.7 Å². The Bertz CT molecular complexity index is 949. The highest BCUT2D eigenvalue weighted by Gasteiger charge is 2.53. The van der Waals surface area contributed by atoms with E-state index in [-0.39, 0.29) is 42.1 Å². The van der Waals surface area contributed by atoms with E-state index in [1.54, 1.807) is 13.0 Å². The molecule has 2 aromatic rings. The summed E-state index contributed by atoms with van der Waals surface area (Å²) >= 11 is 0. The molecule has 2 saturated heterocycles. The van der Waals surface area contributed by atoms with E-state index < -0.39 is 27.0 Å². The zero-order chi connectivity index (χ0) is 18.5. The summed E-state index contributed by atoms with van der Waals surface area (Å²) in [6, 6.07) is 4.04. The van der Waals surface area contributed by atoms with Crippen LogP contribution in [0.25, 0.3) is 0 Å². The van der Waals surface area contributed by atoms with Crippen molar-refractivity contribution in [1.29, 1.82) is 0 Å². The number of rotatable bonds is 3. The van der Waals surface area contributed by atoms with Crippen LogP contribution in [0.1, 0.15) is 26.8 Å². The number of furan rings is 1. The summed E-state index contributed by atoms with van der Waals surface area (Å²) in [5.74, 6) is -0.691. The van der Waals surface area contributed by atoms with Crippen LogP contribution in [0.2, 0.25) is 0 Å². The van der Waals surface area contributed by atoms with E-state index in [9.17, 15) is 18.0 Å². The lowest BCUT2D eigenvalue weighted by molar-refractivity contribution is 0.0752. The van der Waals surface area contributed by atoms with E-state index in [0.29, 0.717) is 5.76 Å². The average Bonchev–Trinajstić information content (AvgIpc) is 3.34. The fourth-order valence-corrected chi connectivity index (χ4v) is 5.94. The number of hydrogen-bond donors (Lipinski definition) is 1. The molecule has 2 fully saturated rings. The van der Waals surface area contributed by atoms with Crippen LogP contribution in [0.3, 0.4) is 0 Å². The highest BCUT2D eigenvalue weighted by Crippen LogP contribution is 2.35. The van der Waals surface area contributed by atoms with Gasteiger partial charge < -0.3 is 19.2 Å². The van der Waals surface area contributed by atoms with Crippen molar-refractivity contribution in [2.45, 2.75) is 18.2 Å². The van der Waals surface area contributed by atoms with Gasteiger partial charge >= 0.3 is 0 Å². The Kier molecular flexibility index (Phi) is 3.87. The Morgan fingerprint density at radius 1 is 1.35 bits per heavy atom. The van der Waals surface area contributed by atoms with Crippen molar-refractivity contribution < 1.29 is 26.9 Å². The molecule has 0 saturated carbocycles. The largest absolute Gasteiger partial charge is 0.459 e. The first-order valence-electron chi connectivity index (χ1n) is 8.13. The molecule has 2 aliphatic rings. The third kappa shape index (κ3) is 2.79. The Balaban J connectivity index is 1.51. The molecule has 2 amide bonds. The topological polar surface area (TPSA) is 123 Å². The van der Waals surface area contributed by atoms with Crippen LogP contribution in [0.5, 0.6) is 0 Å². The summed E-state index contributed by atoms with van der Waals surface area (Å²) in [6.07, 6.45) is 1.39. The zero-order valence-electron chi connectivity index (χ0n) is 13.9. The van der Waals surface area contributed by atoms with E-state index in [0.717, 1.165) is 0 Å². The van der Waals surface area contributed by atoms with E-state index >= 15 is 0 Å². The summed E-state index contributed by atoms with van der Waals surface area (Å²) in [7, 11) is -3.41. The molecule has 0 unspecified atom stereocenters. The molecule has 2 aliphatic heterocycles. The van der Waals surface area contributed by atoms with E-state index in [4.69, 9.17) is 8.94 Å². The van der Waals surface area contributed by atoms with Gasteiger partial charge in [0.2, 0.25) is 0 Å². The maximum absolute atomic E-state index is 12.5. The van der Waals surface area contributed by atoms with Crippen molar-refractivity contribution >= 4 is 21.7 Å². The SMILES string of the molecule is Cc1cc(C(=O)N[C@H]2CS(=O)(=O)[C@H]3CN(C(=O)c4ccco4)C[C@@H]23)no1. The monoisotopic (exact) mass is 379 g/mol. The lowest BCUT2D eigenvalue weighted by Crippen LogP contribution is -2.42. The summed E-state index contributed by atoms with van der Waals surface area (Å²) in [5.41, 5.74) is 0.102. The van der Waals surface area contributed by atoms with Gasteiger partial charge in [-0.15, -0.1) is 0 Å². The maximum atomic E-state index is 12.5. The number of carbonyl (C=O) groups is 2. The second-order valence-electron chi connectivity index (χ2n) is 6.62. The standard InChI is InChI=1S/C16H17N3O6S/c1-9-5-11(18-25-9)15(20)17-12-8-26(22,23)14-7-19(6-10(12)14)16(21)13-3-2-4-24-13/h2-5,10,12,14H,6-8H2,1H3,(H,17,20)/t10-,12-,14-/m0/s1. The molecular formula is C16H17N3O6S. The van der Waals surface area contributed by atoms with Crippen LogP contribution in [0.4, 0.5) is 0 Å². The minimum atomic E-state index is -3.41. The first-order chi connectivity index (χ1) is 12.3. The Hall–Kier alpha value is -2.62. The quantitative estimate of drug-likeness (QED) is 0.810. The number of likely N-dealkylation sites (tertiary alicyclic amines) is 1. The summed E-state index contributed by atoms with van der Waals surface area (Å²) in [4.78, 5) is 26.2. The number of nitrogens with zero attached hydrogens (tertiary/aromatic N) is 2. The van der Waals surface area contributed by atoms with Crippen molar-refractivity contribution in [3.8, 4) is 0 Å². The Morgan fingerprint density at radius 2 is 2.15 bits per heavy atom. The third-order valence-electron chi connectivity index (χ3n) is 4.90. The average molecular weight is 379 g/mol. The number of aromatic nitrogens is 1. The fourth-order valence-electron chi connectivity index (χ4n) is 3.65. The van der Waals surface area contributed by atoms with E-state index in [2.05, 4.69) is 10.5 Å². The molecule has 9 nitrogen and oxygen atoms in total. The molecular weight excluding hydrogens is 362 g/mol. The minimum Gasteiger partial charge on any atom is -0.459 e. The lowest BCUT2D eigenvalue weighted by atomic mass is 10.0. The van der Waals surface area contributed by atoms with Crippen LogP contribution >= 0.6 is 0 Å². The molecule has 26 heavy (non-hydrogen) atoms. The number of aryl methyl sites for hydroxylation is 1. The minimum absolute atomic E-state index is 0.0992. The van der Waals surface area contributed by atoms with Gasteiger partial charge in [0.1, 0.15) is 5.76 Å². The van der Waals surface area contributed by atoms with E-state index in [1.807, 2.05) is 0 Å². The second kappa shape index (κ2) is 5.97. The summed E-state index contributed by atoms with van der Waals surface area (Å²) < 4.78 is 34.9. The molecule has 0 spiro atoms. The molecule has 10 heteroatoms. The molecule has 0 aromatic carbocycles. The molecule has 0 aliphatic carbocycles. The Labute approximate surface area is 149 Å². The first-order valence-corrected chi connectivity index (χ1v) is 9.85. The number of sulfone groups is 1. The zero-order valence-corrected chi connectivity index (χ0v) is 14.7. The van der Waals surface area contributed by atoms with Gasteiger partial charge in [-0.3, -0.25) is 9.59 Å². The number of fused-ring (bicyclic) bond motifs is 1. The van der Waals surface area contributed by atoms with Crippen LogP contribution < -0.4 is 5.32 Å². The summed E-state index contributed by atoms with van der Waals surface area (Å²) in [5, 5.41) is 5.68. The van der Waals surface area contributed by atoms with Crippen molar-refractivity contribution in [1.82, 2.24) is 15.4 Å². The van der Waals surface area contributed by atoms with Gasteiger partial charge in [-0.25, -0.2) is 8.42 Å². The van der Waals surface area contributed by atoms with Gasteiger partial charge in [0, 0.05) is 31.1 Å². The van der Waals surface area contributed by atoms with Gasteiger partial charge in [0.05, 0.1) is 17.3 Å². The van der Waals surface area contributed by atoms with Crippen molar-refractivity contribution in [2.24, 2.45) is 5.92 Å². The van der Waals surface area contributed by atoms with Crippen LogP contribution in [0.15, 0.2) is 33.4 Å². The van der Waals surface area contributed by atoms with Crippen LogP contribution in [-0.2, 0) is 9.84 Å². The molecule has 2 aromatic heterocycles. The van der Waals surface area contributed by atoms with Gasteiger partial charge in [-0.05, 0) is 19.1 Å². The van der Waals surface area contributed by atoms with Crippen molar-refractivity contribution in [3.63, 3.8) is 0 Å². The highest BCUT2D eigenvalue weighted by atomic mass is 32.2. The van der Waals surface area contributed by atoms with Gasteiger partial charge in [-0.1, -0.05) is 5.16 Å². The van der Waals surface area contributed by atoms with Gasteiger partial charge in [0.25, 0.3) is 11.8 Å². The van der Waals surface area contributed by atoms with Gasteiger partial charge in [0.15, 0.2) is 21.3 Å². The highest BCUT2D eigenvalue weighted by molar-refractivity contribution is 7.92. The lowest BCUT2D eigenvalue weighted by Gasteiger charge is -2.20. The normalized spacial score (nSPS) is 26.7. The van der Waals surface area contributed by atoms with Crippen LogP contribution in [-0.4, -0.2) is 60.4 Å². The first kappa shape index (κ1) is 16.8. The summed E-state index contributed by atoms with van der Waals surface area (Å²) in [6.45, 7) is 2.00. The molecule has 3 atom stereocenters. The number of carbonyl (C=O) groups excluding carboxylic acids is 2. The number of amides is 2. The second-order valence-corrected chi connectivity index (χ2v) is 8.89. The maximum Gasteiger partial charge on any atom is 0.289 e. The molecule has 4 heterocycles. The molecule has 0 radical (unpaired) electrons. The Morgan fingerprint density at radius 3 is 2.81 bits per heavy atom.